The van der Waals surface area contributed by atoms with Crippen LogP contribution in [0.5, 0.6) is 0 Å². The van der Waals surface area contributed by atoms with Gasteiger partial charge in [0.15, 0.2) is 0 Å². The highest BCUT2D eigenvalue weighted by atomic mass is 15.4. The predicted octanol–water partition coefficient (Wildman–Crippen LogP) is 2.45. The normalized spacial score (nSPS) is 12.1. The molecule has 1 aromatic rings. The average molecular weight is 195 g/mol. The molecule has 0 aliphatic rings. The quantitative estimate of drug-likeness (QED) is 0.741. The summed E-state index contributed by atoms with van der Waals surface area (Å²) >= 11 is 0. The third-order valence-corrected chi connectivity index (χ3v) is 2.25. The van der Waals surface area contributed by atoms with Crippen molar-refractivity contribution in [2.75, 3.05) is 0 Å². The van der Waals surface area contributed by atoms with E-state index in [-0.39, 0.29) is 0 Å². The van der Waals surface area contributed by atoms with Gasteiger partial charge in [0.2, 0.25) is 0 Å². The van der Waals surface area contributed by atoms with Crippen LogP contribution in [0.2, 0.25) is 0 Å². The van der Waals surface area contributed by atoms with Crippen LogP contribution in [0.1, 0.15) is 46.0 Å². The van der Waals surface area contributed by atoms with Gasteiger partial charge >= 0.3 is 0 Å². The Labute approximate surface area is 86.5 Å². The summed E-state index contributed by atoms with van der Waals surface area (Å²) in [6.07, 6.45) is 2.03. The lowest BCUT2D eigenvalue weighted by molar-refractivity contribution is 0.392. The van der Waals surface area contributed by atoms with Crippen LogP contribution in [0.25, 0.3) is 0 Å². The third-order valence-electron chi connectivity index (χ3n) is 2.25. The van der Waals surface area contributed by atoms with E-state index in [4.69, 9.17) is 0 Å². The molecule has 3 heteroatoms. The molecule has 0 aliphatic heterocycles. The Balaban J connectivity index is 2.97. The van der Waals surface area contributed by atoms with Crippen molar-refractivity contribution in [3.05, 3.63) is 11.4 Å². The van der Waals surface area contributed by atoms with Gasteiger partial charge in [-0.05, 0) is 25.2 Å². The first-order valence-corrected chi connectivity index (χ1v) is 5.39. The Kier molecular flexibility index (Phi) is 3.29. The number of aryl methyl sites for hydroxylation is 2. The highest BCUT2D eigenvalue weighted by Gasteiger charge is 2.18. The van der Waals surface area contributed by atoms with E-state index in [1.807, 2.05) is 4.68 Å². The van der Waals surface area contributed by atoms with Crippen LogP contribution in [0.15, 0.2) is 0 Å². The van der Waals surface area contributed by atoms with Crippen molar-refractivity contribution in [1.29, 1.82) is 0 Å². The maximum absolute atomic E-state index is 4.20. The van der Waals surface area contributed by atoms with Gasteiger partial charge in [0.1, 0.15) is 0 Å². The molecule has 0 fully saturated rings. The van der Waals surface area contributed by atoms with Crippen LogP contribution < -0.4 is 0 Å². The molecule has 0 saturated heterocycles. The van der Waals surface area contributed by atoms with E-state index in [0.29, 0.717) is 5.41 Å². The third kappa shape index (κ3) is 2.56. The molecule has 0 amide bonds. The second kappa shape index (κ2) is 4.11. The van der Waals surface area contributed by atoms with Crippen molar-refractivity contribution in [2.45, 2.75) is 54.0 Å². The molecule has 0 unspecified atom stereocenters. The van der Waals surface area contributed by atoms with Gasteiger partial charge in [-0.25, -0.2) is 4.68 Å². The lowest BCUT2D eigenvalue weighted by Crippen LogP contribution is -2.15. The fraction of sp³-hybridized carbons (Fsp3) is 0.818. The Bertz CT molecular complexity index is 272. The summed E-state index contributed by atoms with van der Waals surface area (Å²) in [5.41, 5.74) is 2.77. The van der Waals surface area contributed by atoms with Crippen LogP contribution in [-0.2, 0) is 19.4 Å². The van der Waals surface area contributed by atoms with Crippen molar-refractivity contribution in [2.24, 2.45) is 5.41 Å². The van der Waals surface area contributed by atoms with Crippen molar-refractivity contribution in [3.63, 3.8) is 0 Å². The van der Waals surface area contributed by atoms with Crippen LogP contribution >= 0.6 is 0 Å². The Morgan fingerprint density at radius 1 is 1.21 bits per heavy atom. The summed E-state index contributed by atoms with van der Waals surface area (Å²) in [4.78, 5) is 0. The molecule has 0 bridgehead atoms. The van der Waals surface area contributed by atoms with E-state index in [0.717, 1.165) is 25.1 Å². The fourth-order valence-electron chi connectivity index (χ4n) is 1.59. The molecule has 0 aliphatic carbocycles. The lowest BCUT2D eigenvalue weighted by atomic mass is 9.89. The Morgan fingerprint density at radius 2 is 1.86 bits per heavy atom. The number of nitrogens with zero attached hydrogens (tertiary/aromatic N) is 3. The monoisotopic (exact) mass is 195 g/mol. The first-order chi connectivity index (χ1) is 6.48. The van der Waals surface area contributed by atoms with E-state index in [9.17, 15) is 0 Å². The number of rotatable bonds is 3. The molecule has 3 nitrogen and oxygen atoms in total. The average Bonchev–Trinajstić information content (AvgIpc) is 2.44. The van der Waals surface area contributed by atoms with Gasteiger partial charge in [-0.2, -0.15) is 0 Å². The van der Waals surface area contributed by atoms with Crippen LogP contribution in [-0.4, -0.2) is 15.0 Å². The summed E-state index contributed by atoms with van der Waals surface area (Å²) in [5.74, 6) is 0. The molecule has 14 heavy (non-hydrogen) atoms. The minimum absolute atomic E-state index is 0.304. The van der Waals surface area contributed by atoms with Gasteiger partial charge < -0.3 is 0 Å². The smallest absolute Gasteiger partial charge is 0.0856 e. The van der Waals surface area contributed by atoms with E-state index in [1.54, 1.807) is 0 Å². The highest BCUT2D eigenvalue weighted by molar-refractivity contribution is 5.11. The summed E-state index contributed by atoms with van der Waals surface area (Å²) in [7, 11) is 0. The first-order valence-electron chi connectivity index (χ1n) is 5.39. The van der Waals surface area contributed by atoms with Crippen molar-refractivity contribution < 1.29 is 0 Å². The molecule has 0 aromatic carbocycles. The Hall–Kier alpha value is -0.860. The topological polar surface area (TPSA) is 30.7 Å². The van der Waals surface area contributed by atoms with Gasteiger partial charge in [0.05, 0.1) is 11.4 Å². The molecular formula is C11H21N3. The molecule has 0 N–H and O–H groups in total. The minimum atomic E-state index is 0.304. The molecule has 0 radical (unpaired) electrons. The van der Waals surface area contributed by atoms with Crippen molar-refractivity contribution >= 4 is 0 Å². The fourth-order valence-corrected chi connectivity index (χ4v) is 1.59. The molecule has 1 heterocycles. The SMILES string of the molecule is CCc1nnn(CC)c1CC(C)(C)C. The van der Waals surface area contributed by atoms with Gasteiger partial charge in [-0.1, -0.05) is 32.9 Å². The number of hydrogen-bond donors (Lipinski definition) is 0. The van der Waals surface area contributed by atoms with E-state index in [2.05, 4.69) is 44.9 Å². The molecule has 80 valence electrons. The maximum Gasteiger partial charge on any atom is 0.0856 e. The van der Waals surface area contributed by atoms with E-state index >= 15 is 0 Å². The standard InChI is InChI=1S/C11H21N3/c1-6-9-10(8-11(3,4)5)14(7-2)13-12-9/h6-8H2,1-5H3. The minimum Gasteiger partial charge on any atom is -0.249 e. The lowest BCUT2D eigenvalue weighted by Gasteiger charge is -2.18. The summed E-state index contributed by atoms with van der Waals surface area (Å²) in [5, 5.41) is 8.36. The summed E-state index contributed by atoms with van der Waals surface area (Å²) in [6, 6.07) is 0. The van der Waals surface area contributed by atoms with E-state index in [1.165, 1.54) is 5.69 Å². The summed E-state index contributed by atoms with van der Waals surface area (Å²) in [6.45, 7) is 11.9. The number of hydrogen-bond acceptors (Lipinski definition) is 2. The van der Waals surface area contributed by atoms with Crippen LogP contribution in [0.3, 0.4) is 0 Å². The van der Waals surface area contributed by atoms with Gasteiger partial charge in [-0.3, -0.25) is 0 Å². The molecule has 0 saturated carbocycles. The zero-order valence-electron chi connectivity index (χ0n) is 9.96. The van der Waals surface area contributed by atoms with E-state index < -0.39 is 0 Å². The molecule has 0 spiro atoms. The molecule has 1 aromatic heterocycles. The second-order valence-electron chi connectivity index (χ2n) is 4.89. The van der Waals surface area contributed by atoms with Gasteiger partial charge in [0, 0.05) is 6.54 Å². The largest absolute Gasteiger partial charge is 0.249 e. The summed E-state index contributed by atoms with van der Waals surface area (Å²) < 4.78 is 2.02. The van der Waals surface area contributed by atoms with Gasteiger partial charge in [-0.15, -0.1) is 5.10 Å². The maximum atomic E-state index is 4.20. The van der Waals surface area contributed by atoms with Crippen LogP contribution in [0, 0.1) is 5.41 Å². The molecular weight excluding hydrogens is 174 g/mol. The van der Waals surface area contributed by atoms with Gasteiger partial charge in [0.25, 0.3) is 0 Å². The molecule has 1 rings (SSSR count). The van der Waals surface area contributed by atoms with Crippen LogP contribution in [0.4, 0.5) is 0 Å². The zero-order chi connectivity index (χ0) is 10.8. The second-order valence-corrected chi connectivity index (χ2v) is 4.89. The number of aromatic nitrogens is 3. The zero-order valence-corrected chi connectivity index (χ0v) is 9.96. The first kappa shape index (κ1) is 11.2. The Morgan fingerprint density at radius 3 is 2.29 bits per heavy atom. The molecule has 0 atom stereocenters. The predicted molar refractivity (Wildman–Crippen MR) is 58.2 cm³/mol. The highest BCUT2D eigenvalue weighted by Crippen LogP contribution is 2.22. The van der Waals surface area contributed by atoms with Crippen molar-refractivity contribution in [3.8, 4) is 0 Å². The van der Waals surface area contributed by atoms with Crippen molar-refractivity contribution in [1.82, 2.24) is 15.0 Å².